The minimum atomic E-state index is 0.173. The molecule has 7 heteroatoms. The van der Waals surface area contributed by atoms with E-state index in [1.165, 1.54) is 32.1 Å². The largest absolute Gasteiger partial charge is 0.396 e. The highest BCUT2D eigenvalue weighted by atomic mass is 16.5. The monoisotopic (exact) mass is 379 g/mol. The van der Waals surface area contributed by atoms with Gasteiger partial charge in [-0.25, -0.2) is 0 Å². The van der Waals surface area contributed by atoms with Gasteiger partial charge in [-0.1, -0.05) is 38.3 Å². The van der Waals surface area contributed by atoms with E-state index in [2.05, 4.69) is 41.5 Å². The molecule has 0 aromatic carbocycles. The maximum Gasteiger partial charge on any atom is 0.226 e. The number of hydrogen-bond acceptors (Lipinski definition) is 5. The standard InChI is InChI=1S/C20H37N5O2/c1-4-21-19(23-15-20(12-14-26)10-6-5-7-11-20)22-13-8-9-17-24-18(16(2)3)25-27-17/h16,26H,4-15H2,1-3H3,(H2,21,22,23). The van der Waals surface area contributed by atoms with Gasteiger partial charge in [-0.3, -0.25) is 4.99 Å². The molecule has 0 atom stereocenters. The van der Waals surface area contributed by atoms with Crippen LogP contribution in [0.4, 0.5) is 0 Å². The lowest BCUT2D eigenvalue weighted by atomic mass is 9.72. The fourth-order valence-electron chi connectivity index (χ4n) is 3.67. The van der Waals surface area contributed by atoms with Gasteiger partial charge in [-0.2, -0.15) is 4.98 Å². The van der Waals surface area contributed by atoms with Gasteiger partial charge in [0.25, 0.3) is 0 Å². The summed E-state index contributed by atoms with van der Waals surface area (Å²) >= 11 is 0. The summed E-state index contributed by atoms with van der Waals surface area (Å²) in [5.41, 5.74) is 0.173. The van der Waals surface area contributed by atoms with Crippen LogP contribution in [-0.4, -0.2) is 47.4 Å². The lowest BCUT2D eigenvalue weighted by Crippen LogP contribution is -2.39. The number of aliphatic imine (C=N–C) groups is 1. The van der Waals surface area contributed by atoms with Crippen LogP contribution in [-0.2, 0) is 6.42 Å². The molecule has 0 aliphatic heterocycles. The van der Waals surface area contributed by atoms with Crippen molar-refractivity contribution in [3.63, 3.8) is 0 Å². The Morgan fingerprint density at radius 3 is 2.67 bits per heavy atom. The van der Waals surface area contributed by atoms with E-state index in [1.54, 1.807) is 0 Å². The third-order valence-corrected chi connectivity index (χ3v) is 5.33. The number of hydrogen-bond donors (Lipinski definition) is 3. The Bertz CT molecular complexity index is 559. The normalized spacial score (nSPS) is 17.3. The molecular weight excluding hydrogens is 342 g/mol. The van der Waals surface area contributed by atoms with E-state index in [1.807, 2.05) is 0 Å². The molecule has 0 unspecified atom stereocenters. The second-order valence-corrected chi connectivity index (χ2v) is 7.96. The van der Waals surface area contributed by atoms with E-state index in [9.17, 15) is 5.11 Å². The van der Waals surface area contributed by atoms with Gasteiger partial charge in [0.2, 0.25) is 5.89 Å². The fraction of sp³-hybridized carbons (Fsp3) is 0.850. The molecule has 3 N–H and O–H groups in total. The van der Waals surface area contributed by atoms with Crippen LogP contribution in [0.3, 0.4) is 0 Å². The van der Waals surface area contributed by atoms with Crippen molar-refractivity contribution >= 4 is 5.96 Å². The molecule has 0 radical (unpaired) electrons. The summed E-state index contributed by atoms with van der Waals surface area (Å²) in [7, 11) is 0. The number of rotatable bonds is 10. The number of nitrogens with one attached hydrogen (secondary N) is 2. The van der Waals surface area contributed by atoms with E-state index in [-0.39, 0.29) is 12.0 Å². The van der Waals surface area contributed by atoms with Crippen molar-refractivity contribution in [1.82, 2.24) is 20.8 Å². The molecule has 0 spiro atoms. The van der Waals surface area contributed by atoms with Crippen LogP contribution in [0.25, 0.3) is 0 Å². The Hall–Kier alpha value is -1.63. The van der Waals surface area contributed by atoms with Gasteiger partial charge in [0.1, 0.15) is 0 Å². The molecule has 0 amide bonds. The molecule has 1 aliphatic carbocycles. The lowest BCUT2D eigenvalue weighted by Gasteiger charge is -2.35. The van der Waals surface area contributed by atoms with Crippen molar-refractivity contribution in [1.29, 1.82) is 0 Å². The average molecular weight is 380 g/mol. The van der Waals surface area contributed by atoms with Crippen molar-refractivity contribution in [3.05, 3.63) is 11.7 Å². The van der Waals surface area contributed by atoms with Gasteiger partial charge < -0.3 is 20.3 Å². The molecule has 1 heterocycles. The number of aliphatic hydroxyl groups is 1. The van der Waals surface area contributed by atoms with Gasteiger partial charge in [-0.05, 0) is 38.0 Å². The predicted molar refractivity (Wildman–Crippen MR) is 108 cm³/mol. The van der Waals surface area contributed by atoms with Crippen molar-refractivity contribution in [2.45, 2.75) is 78.1 Å². The number of guanidine groups is 1. The number of aryl methyl sites for hydroxylation is 1. The Morgan fingerprint density at radius 2 is 2.04 bits per heavy atom. The van der Waals surface area contributed by atoms with Crippen LogP contribution in [0.2, 0.25) is 0 Å². The Balaban J connectivity index is 1.81. The number of aromatic nitrogens is 2. The summed E-state index contributed by atoms with van der Waals surface area (Å²) in [4.78, 5) is 9.25. The molecule has 1 aromatic rings. The summed E-state index contributed by atoms with van der Waals surface area (Å²) in [6, 6.07) is 0. The van der Waals surface area contributed by atoms with E-state index in [0.717, 1.165) is 50.7 Å². The molecule has 0 saturated heterocycles. The maximum absolute atomic E-state index is 9.47. The molecule has 1 saturated carbocycles. The quantitative estimate of drug-likeness (QED) is 0.329. The topological polar surface area (TPSA) is 95.6 Å². The first kappa shape index (κ1) is 21.7. The Labute approximate surface area is 163 Å². The van der Waals surface area contributed by atoms with E-state index >= 15 is 0 Å². The smallest absolute Gasteiger partial charge is 0.226 e. The summed E-state index contributed by atoms with van der Waals surface area (Å²) < 4.78 is 5.29. The molecule has 0 bridgehead atoms. The molecule has 154 valence electrons. The second-order valence-electron chi connectivity index (χ2n) is 7.96. The Kier molecular flexibility index (Phi) is 9.04. The summed E-state index contributed by atoms with van der Waals surface area (Å²) in [5.74, 6) is 2.62. The third kappa shape index (κ3) is 7.13. The van der Waals surface area contributed by atoms with Crippen LogP contribution in [0, 0.1) is 5.41 Å². The predicted octanol–water partition coefficient (Wildman–Crippen LogP) is 3.01. The van der Waals surface area contributed by atoms with Crippen LogP contribution in [0.15, 0.2) is 9.52 Å². The van der Waals surface area contributed by atoms with Crippen LogP contribution in [0.5, 0.6) is 0 Å². The SMILES string of the molecule is CCNC(=NCC1(CCO)CCCCC1)NCCCc1nc(C(C)C)no1. The number of nitrogens with zero attached hydrogens (tertiary/aromatic N) is 3. The van der Waals surface area contributed by atoms with Gasteiger partial charge in [0.15, 0.2) is 11.8 Å². The van der Waals surface area contributed by atoms with Crippen molar-refractivity contribution in [2.24, 2.45) is 10.4 Å². The summed E-state index contributed by atoms with van der Waals surface area (Å²) in [5, 5.41) is 20.2. The highest BCUT2D eigenvalue weighted by Gasteiger charge is 2.31. The molecule has 7 nitrogen and oxygen atoms in total. The van der Waals surface area contributed by atoms with Crippen LogP contribution >= 0.6 is 0 Å². The van der Waals surface area contributed by atoms with Gasteiger partial charge >= 0.3 is 0 Å². The first-order valence-electron chi connectivity index (χ1n) is 10.5. The molecular formula is C20H37N5O2. The zero-order valence-electron chi connectivity index (χ0n) is 17.3. The van der Waals surface area contributed by atoms with Gasteiger partial charge in [-0.15, -0.1) is 0 Å². The first-order valence-corrected chi connectivity index (χ1v) is 10.5. The van der Waals surface area contributed by atoms with Gasteiger partial charge in [0.05, 0.1) is 0 Å². The molecule has 27 heavy (non-hydrogen) atoms. The fourth-order valence-corrected chi connectivity index (χ4v) is 3.67. The lowest BCUT2D eigenvalue weighted by molar-refractivity contribution is 0.137. The van der Waals surface area contributed by atoms with E-state index < -0.39 is 0 Å². The molecule has 2 rings (SSSR count). The highest BCUT2D eigenvalue weighted by molar-refractivity contribution is 5.79. The van der Waals surface area contributed by atoms with Crippen molar-refractivity contribution in [2.75, 3.05) is 26.2 Å². The van der Waals surface area contributed by atoms with Crippen LogP contribution < -0.4 is 10.6 Å². The van der Waals surface area contributed by atoms with Crippen molar-refractivity contribution in [3.8, 4) is 0 Å². The zero-order valence-corrected chi connectivity index (χ0v) is 17.3. The average Bonchev–Trinajstić information content (AvgIpc) is 3.13. The summed E-state index contributed by atoms with van der Waals surface area (Å²) in [6.45, 7) is 8.87. The zero-order chi connectivity index (χ0) is 19.5. The third-order valence-electron chi connectivity index (χ3n) is 5.33. The summed E-state index contributed by atoms with van der Waals surface area (Å²) in [6.07, 6.45) is 8.68. The molecule has 1 fully saturated rings. The minimum absolute atomic E-state index is 0.173. The highest BCUT2D eigenvalue weighted by Crippen LogP contribution is 2.39. The molecule has 1 aliphatic rings. The maximum atomic E-state index is 9.47. The Morgan fingerprint density at radius 1 is 1.26 bits per heavy atom. The van der Waals surface area contributed by atoms with Crippen LogP contribution in [0.1, 0.15) is 83.3 Å². The molecule has 1 aromatic heterocycles. The second kappa shape index (κ2) is 11.3. The van der Waals surface area contributed by atoms with Crippen molar-refractivity contribution < 1.29 is 9.63 Å². The number of aliphatic hydroxyl groups excluding tert-OH is 1. The minimum Gasteiger partial charge on any atom is -0.396 e. The van der Waals surface area contributed by atoms with E-state index in [0.29, 0.717) is 11.8 Å². The van der Waals surface area contributed by atoms with E-state index in [4.69, 9.17) is 9.52 Å². The first-order chi connectivity index (χ1) is 13.1. The van der Waals surface area contributed by atoms with Gasteiger partial charge in [0, 0.05) is 38.6 Å².